The van der Waals surface area contributed by atoms with Gasteiger partial charge in [0.2, 0.25) is 11.8 Å². The van der Waals surface area contributed by atoms with Crippen LogP contribution in [0, 0.1) is 6.92 Å². The van der Waals surface area contributed by atoms with Gasteiger partial charge in [-0.25, -0.2) is 0 Å². The molecule has 0 unspecified atom stereocenters. The van der Waals surface area contributed by atoms with Crippen LogP contribution in [0.15, 0.2) is 48.5 Å². The van der Waals surface area contributed by atoms with Crippen LogP contribution in [0.3, 0.4) is 0 Å². The van der Waals surface area contributed by atoms with Crippen molar-refractivity contribution in [1.29, 1.82) is 0 Å². The van der Waals surface area contributed by atoms with Crippen molar-refractivity contribution in [2.45, 2.75) is 39.3 Å². The van der Waals surface area contributed by atoms with Gasteiger partial charge in [0.1, 0.15) is 6.04 Å². The van der Waals surface area contributed by atoms with Crippen molar-refractivity contribution in [2.24, 2.45) is 0 Å². The Bertz CT molecular complexity index is 776. The lowest BCUT2D eigenvalue weighted by Crippen LogP contribution is -2.48. The molecule has 0 aliphatic rings. The summed E-state index contributed by atoms with van der Waals surface area (Å²) in [4.78, 5) is 27.0. The molecule has 0 saturated carbocycles. The highest BCUT2D eigenvalue weighted by atomic mass is 35.5. The minimum Gasteiger partial charge on any atom is -0.357 e. The van der Waals surface area contributed by atoms with E-state index in [1.165, 1.54) is 0 Å². The first-order chi connectivity index (χ1) is 12.5. The first-order valence-corrected chi connectivity index (χ1v) is 9.14. The van der Waals surface area contributed by atoms with E-state index < -0.39 is 6.04 Å². The van der Waals surface area contributed by atoms with E-state index >= 15 is 0 Å². The van der Waals surface area contributed by atoms with Gasteiger partial charge >= 0.3 is 0 Å². The largest absolute Gasteiger partial charge is 0.357 e. The fourth-order valence-corrected chi connectivity index (χ4v) is 3.19. The molecule has 4 nitrogen and oxygen atoms in total. The molecule has 0 saturated heterocycles. The lowest BCUT2D eigenvalue weighted by molar-refractivity contribution is -0.140. The molecule has 26 heavy (non-hydrogen) atoms. The van der Waals surface area contributed by atoms with Crippen molar-refractivity contribution in [1.82, 2.24) is 10.2 Å². The summed E-state index contributed by atoms with van der Waals surface area (Å²) < 4.78 is 0. The van der Waals surface area contributed by atoms with E-state index in [4.69, 9.17) is 11.6 Å². The van der Waals surface area contributed by atoms with Crippen LogP contribution >= 0.6 is 11.6 Å². The highest BCUT2D eigenvalue weighted by Crippen LogP contribution is 2.20. The number of rotatable bonds is 7. The molecule has 2 rings (SSSR count). The van der Waals surface area contributed by atoms with Crippen LogP contribution in [-0.2, 0) is 22.6 Å². The topological polar surface area (TPSA) is 49.4 Å². The number of aryl methyl sites for hydroxylation is 1. The van der Waals surface area contributed by atoms with Crippen LogP contribution in [0.5, 0.6) is 0 Å². The zero-order valence-corrected chi connectivity index (χ0v) is 16.2. The summed E-state index contributed by atoms with van der Waals surface area (Å²) in [6.45, 7) is 4.20. The number of nitrogens with one attached hydrogen (secondary N) is 1. The number of hydrogen-bond acceptors (Lipinski definition) is 2. The highest BCUT2D eigenvalue weighted by molar-refractivity contribution is 6.31. The van der Waals surface area contributed by atoms with Gasteiger partial charge in [-0.1, -0.05) is 66.6 Å². The summed E-state index contributed by atoms with van der Waals surface area (Å²) in [5.74, 6) is -0.261. The number of amides is 2. The average Bonchev–Trinajstić information content (AvgIpc) is 2.62. The molecular formula is C21H25ClN2O2. The first-order valence-electron chi connectivity index (χ1n) is 8.76. The normalized spacial score (nSPS) is 11.7. The van der Waals surface area contributed by atoms with E-state index in [0.29, 0.717) is 18.0 Å². The van der Waals surface area contributed by atoms with Gasteiger partial charge < -0.3 is 10.2 Å². The minimum absolute atomic E-state index is 0.0917. The van der Waals surface area contributed by atoms with Crippen LogP contribution < -0.4 is 5.32 Å². The van der Waals surface area contributed by atoms with Crippen molar-refractivity contribution >= 4 is 23.4 Å². The molecule has 2 amide bonds. The van der Waals surface area contributed by atoms with Gasteiger partial charge in [0.25, 0.3) is 0 Å². The second kappa shape index (κ2) is 9.39. The third-order valence-corrected chi connectivity index (χ3v) is 4.74. The number of likely N-dealkylation sites (N-methyl/N-ethyl adjacent to an activating group) is 1. The molecule has 0 fully saturated rings. The Kier molecular flexibility index (Phi) is 7.22. The fraction of sp³-hybridized carbons (Fsp3) is 0.333. The van der Waals surface area contributed by atoms with Gasteiger partial charge in [-0.3, -0.25) is 9.59 Å². The molecule has 0 aliphatic heterocycles. The van der Waals surface area contributed by atoms with E-state index in [-0.39, 0.29) is 18.2 Å². The molecule has 2 aromatic carbocycles. The summed E-state index contributed by atoms with van der Waals surface area (Å²) in [6.07, 6.45) is 0.781. The summed E-state index contributed by atoms with van der Waals surface area (Å²) in [7, 11) is 1.59. The second-order valence-electron chi connectivity index (χ2n) is 6.32. The standard InChI is InChI=1S/C21H25ClN2O2/c1-4-19(21(26)23-3)24(14-17-10-5-6-11-18(17)22)20(25)13-16-9-7-8-15(2)12-16/h5-12,19H,4,13-14H2,1-3H3,(H,23,26)/t19-/m1/s1. The summed E-state index contributed by atoms with van der Waals surface area (Å²) >= 11 is 6.28. The van der Waals surface area contributed by atoms with Gasteiger partial charge in [-0.05, 0) is 30.5 Å². The van der Waals surface area contributed by atoms with Gasteiger partial charge in [0.15, 0.2) is 0 Å². The Morgan fingerprint density at radius 2 is 1.88 bits per heavy atom. The Balaban J connectivity index is 2.30. The number of halogens is 1. The maximum absolute atomic E-state index is 13.1. The van der Waals surface area contributed by atoms with Crippen LogP contribution in [0.2, 0.25) is 5.02 Å². The van der Waals surface area contributed by atoms with Crippen LogP contribution in [-0.4, -0.2) is 29.8 Å². The predicted molar refractivity (Wildman–Crippen MR) is 105 cm³/mol. The van der Waals surface area contributed by atoms with Crippen molar-refractivity contribution in [3.05, 3.63) is 70.2 Å². The molecule has 0 spiro atoms. The Morgan fingerprint density at radius 3 is 2.50 bits per heavy atom. The first kappa shape index (κ1) is 20.0. The molecule has 1 N–H and O–H groups in total. The van der Waals surface area contributed by atoms with Crippen LogP contribution in [0.25, 0.3) is 0 Å². The third kappa shape index (κ3) is 5.09. The average molecular weight is 373 g/mol. The van der Waals surface area contributed by atoms with E-state index in [0.717, 1.165) is 16.7 Å². The van der Waals surface area contributed by atoms with Crippen molar-refractivity contribution in [2.75, 3.05) is 7.05 Å². The molecular weight excluding hydrogens is 348 g/mol. The molecule has 2 aromatic rings. The Hall–Kier alpha value is -2.33. The number of carbonyl (C=O) groups is 2. The quantitative estimate of drug-likeness (QED) is 0.804. The Labute approximate surface area is 160 Å². The zero-order valence-electron chi connectivity index (χ0n) is 15.5. The van der Waals surface area contributed by atoms with E-state index in [2.05, 4.69) is 5.32 Å². The van der Waals surface area contributed by atoms with Crippen molar-refractivity contribution in [3.63, 3.8) is 0 Å². The van der Waals surface area contributed by atoms with Crippen molar-refractivity contribution in [3.8, 4) is 0 Å². The SMILES string of the molecule is CC[C@H](C(=O)NC)N(Cc1ccccc1Cl)C(=O)Cc1cccc(C)c1. The van der Waals surface area contributed by atoms with E-state index in [1.54, 1.807) is 18.0 Å². The van der Waals surface area contributed by atoms with Gasteiger partial charge in [-0.2, -0.15) is 0 Å². The van der Waals surface area contributed by atoms with Gasteiger partial charge in [0, 0.05) is 18.6 Å². The number of nitrogens with zero attached hydrogens (tertiary/aromatic N) is 1. The Morgan fingerprint density at radius 1 is 1.15 bits per heavy atom. The summed E-state index contributed by atoms with van der Waals surface area (Å²) in [6, 6.07) is 14.7. The number of carbonyl (C=O) groups excluding carboxylic acids is 2. The molecule has 1 atom stereocenters. The second-order valence-corrected chi connectivity index (χ2v) is 6.72. The minimum atomic E-state index is -0.534. The smallest absolute Gasteiger partial charge is 0.242 e. The van der Waals surface area contributed by atoms with Gasteiger partial charge in [-0.15, -0.1) is 0 Å². The molecule has 5 heteroatoms. The summed E-state index contributed by atoms with van der Waals surface area (Å²) in [5.41, 5.74) is 2.87. The fourth-order valence-electron chi connectivity index (χ4n) is 2.99. The zero-order chi connectivity index (χ0) is 19.1. The van der Waals surface area contributed by atoms with Crippen LogP contribution in [0.1, 0.15) is 30.0 Å². The monoisotopic (exact) mass is 372 g/mol. The molecule has 0 radical (unpaired) electrons. The number of benzene rings is 2. The molecule has 0 heterocycles. The molecule has 0 aromatic heterocycles. The lowest BCUT2D eigenvalue weighted by Gasteiger charge is -2.30. The van der Waals surface area contributed by atoms with E-state index in [9.17, 15) is 9.59 Å². The van der Waals surface area contributed by atoms with E-state index in [1.807, 2.05) is 56.3 Å². The van der Waals surface area contributed by atoms with Crippen molar-refractivity contribution < 1.29 is 9.59 Å². The molecule has 138 valence electrons. The molecule has 0 bridgehead atoms. The number of hydrogen-bond donors (Lipinski definition) is 1. The summed E-state index contributed by atoms with van der Waals surface area (Å²) in [5, 5.41) is 3.25. The maximum atomic E-state index is 13.1. The lowest BCUT2D eigenvalue weighted by atomic mass is 10.1. The highest BCUT2D eigenvalue weighted by Gasteiger charge is 2.28. The van der Waals surface area contributed by atoms with Crippen LogP contribution in [0.4, 0.5) is 0 Å². The third-order valence-electron chi connectivity index (χ3n) is 4.37. The van der Waals surface area contributed by atoms with Gasteiger partial charge in [0.05, 0.1) is 6.42 Å². The molecule has 0 aliphatic carbocycles. The predicted octanol–water partition coefficient (Wildman–Crippen LogP) is 3.74. The maximum Gasteiger partial charge on any atom is 0.242 e.